The van der Waals surface area contributed by atoms with E-state index in [-0.39, 0.29) is 5.91 Å². The van der Waals surface area contributed by atoms with Crippen LogP contribution in [0, 0.1) is 0 Å². The lowest BCUT2D eigenvalue weighted by atomic mass is 10.1. The number of unbranched alkanes of at least 4 members (excludes halogenated alkanes) is 3. The Morgan fingerprint density at radius 1 is 1.00 bits per heavy atom. The van der Waals surface area contributed by atoms with Gasteiger partial charge in [-0.15, -0.1) is 0 Å². The molecule has 0 unspecified atom stereocenters. The number of hydrogen-bond donors (Lipinski definition) is 1. The van der Waals surface area contributed by atoms with E-state index in [4.69, 9.17) is 4.98 Å². The van der Waals surface area contributed by atoms with Crippen molar-refractivity contribution in [3.8, 4) is 0 Å². The number of nitrogens with one attached hydrogen (secondary N) is 1. The van der Waals surface area contributed by atoms with Crippen molar-refractivity contribution < 1.29 is 4.79 Å². The third kappa shape index (κ3) is 5.43. The van der Waals surface area contributed by atoms with Gasteiger partial charge in [-0.3, -0.25) is 4.79 Å². The van der Waals surface area contributed by atoms with Gasteiger partial charge in [0.2, 0.25) is 5.91 Å². The van der Waals surface area contributed by atoms with Crippen molar-refractivity contribution in [1.82, 2.24) is 14.9 Å². The van der Waals surface area contributed by atoms with Gasteiger partial charge < -0.3 is 9.88 Å². The fraction of sp³-hybridized carbons (Fsp3) is 0.391. The first-order valence-electron chi connectivity index (χ1n) is 10.0. The molecule has 1 amide bonds. The summed E-state index contributed by atoms with van der Waals surface area (Å²) in [5, 5.41) is 3.04. The van der Waals surface area contributed by atoms with Crippen molar-refractivity contribution >= 4 is 16.9 Å². The molecular formula is C23H29N3O. The summed E-state index contributed by atoms with van der Waals surface area (Å²) in [5.41, 5.74) is 3.27. The quantitative estimate of drug-likeness (QED) is 0.538. The van der Waals surface area contributed by atoms with Crippen molar-refractivity contribution in [2.45, 2.75) is 52.0 Å². The van der Waals surface area contributed by atoms with E-state index in [9.17, 15) is 4.79 Å². The highest BCUT2D eigenvalue weighted by atomic mass is 16.1. The smallest absolute Gasteiger partial charge is 0.224 e. The first-order valence-corrected chi connectivity index (χ1v) is 10.0. The van der Waals surface area contributed by atoms with Crippen LogP contribution in [0.1, 0.15) is 44.0 Å². The number of carbonyl (C=O) groups is 1. The maximum Gasteiger partial charge on any atom is 0.224 e. The Morgan fingerprint density at radius 3 is 2.59 bits per heavy atom. The van der Waals surface area contributed by atoms with E-state index in [1.165, 1.54) is 31.2 Å². The minimum absolute atomic E-state index is 0.0619. The Kier molecular flexibility index (Phi) is 7.03. The number of nitrogens with zero attached hydrogens (tertiary/aromatic N) is 2. The van der Waals surface area contributed by atoms with Gasteiger partial charge in [0.05, 0.1) is 17.5 Å². The summed E-state index contributed by atoms with van der Waals surface area (Å²) in [5.74, 6) is 1.12. The third-order valence-corrected chi connectivity index (χ3v) is 4.85. The lowest BCUT2D eigenvalue weighted by Gasteiger charge is -2.10. The Balaban J connectivity index is 1.59. The van der Waals surface area contributed by atoms with Gasteiger partial charge in [-0.2, -0.15) is 0 Å². The molecule has 3 rings (SSSR count). The zero-order valence-electron chi connectivity index (χ0n) is 16.2. The number of para-hydroxylation sites is 2. The van der Waals surface area contributed by atoms with Gasteiger partial charge in [0.1, 0.15) is 5.82 Å². The van der Waals surface area contributed by atoms with Crippen molar-refractivity contribution in [3.63, 3.8) is 0 Å². The number of rotatable bonds is 10. The summed E-state index contributed by atoms with van der Waals surface area (Å²) >= 11 is 0. The summed E-state index contributed by atoms with van der Waals surface area (Å²) in [4.78, 5) is 17.0. The minimum Gasteiger partial charge on any atom is -0.355 e. The molecule has 4 heteroatoms. The second-order valence-corrected chi connectivity index (χ2v) is 6.99. The van der Waals surface area contributed by atoms with Crippen LogP contribution in [0.4, 0.5) is 0 Å². The molecule has 0 aliphatic carbocycles. The zero-order chi connectivity index (χ0) is 18.9. The van der Waals surface area contributed by atoms with Crippen LogP contribution in [0.3, 0.4) is 0 Å². The van der Waals surface area contributed by atoms with Crippen molar-refractivity contribution in [2.75, 3.05) is 6.54 Å². The molecule has 1 N–H and O–H groups in total. The largest absolute Gasteiger partial charge is 0.355 e. The zero-order valence-corrected chi connectivity index (χ0v) is 16.2. The molecule has 0 saturated carbocycles. The van der Waals surface area contributed by atoms with Crippen LogP contribution < -0.4 is 5.32 Å². The van der Waals surface area contributed by atoms with Gasteiger partial charge in [-0.1, -0.05) is 68.7 Å². The van der Waals surface area contributed by atoms with Crippen LogP contribution in [0.2, 0.25) is 0 Å². The van der Waals surface area contributed by atoms with Crippen LogP contribution >= 0.6 is 0 Å². The number of aromatic nitrogens is 2. The molecule has 0 fully saturated rings. The van der Waals surface area contributed by atoms with Gasteiger partial charge in [0, 0.05) is 19.5 Å². The van der Waals surface area contributed by atoms with E-state index in [1.807, 2.05) is 36.4 Å². The summed E-state index contributed by atoms with van der Waals surface area (Å²) in [6.45, 7) is 3.84. The average Bonchev–Trinajstić information content (AvgIpc) is 3.03. The number of aryl methyl sites for hydroxylation is 1. The molecule has 0 aliphatic rings. The molecule has 0 atom stereocenters. The first-order chi connectivity index (χ1) is 13.3. The normalized spacial score (nSPS) is 11.0. The Labute approximate surface area is 161 Å². The standard InChI is InChI=1S/C23H29N3O/c1-2-3-4-10-17-26-21-14-9-8-13-20(21)25-22(26)15-16-24-23(27)18-19-11-6-5-7-12-19/h5-9,11-14H,2-4,10,15-18H2,1H3,(H,24,27). The highest BCUT2D eigenvalue weighted by Gasteiger charge is 2.11. The van der Waals surface area contributed by atoms with E-state index in [1.54, 1.807) is 0 Å². The van der Waals surface area contributed by atoms with Crippen LogP contribution in [0.15, 0.2) is 54.6 Å². The summed E-state index contributed by atoms with van der Waals surface area (Å²) < 4.78 is 2.33. The fourth-order valence-corrected chi connectivity index (χ4v) is 3.42. The molecule has 0 bridgehead atoms. The molecular weight excluding hydrogens is 334 g/mol. The van der Waals surface area contributed by atoms with Gasteiger partial charge >= 0.3 is 0 Å². The van der Waals surface area contributed by atoms with Crippen LogP contribution in [-0.4, -0.2) is 22.0 Å². The van der Waals surface area contributed by atoms with Crippen LogP contribution in [0.25, 0.3) is 11.0 Å². The maximum absolute atomic E-state index is 12.2. The van der Waals surface area contributed by atoms with Crippen molar-refractivity contribution in [2.24, 2.45) is 0 Å². The van der Waals surface area contributed by atoms with E-state index in [0.29, 0.717) is 13.0 Å². The van der Waals surface area contributed by atoms with Gasteiger partial charge in [-0.25, -0.2) is 4.98 Å². The molecule has 142 valence electrons. The molecule has 2 aromatic carbocycles. The number of benzene rings is 2. The van der Waals surface area contributed by atoms with E-state index in [2.05, 4.69) is 35.0 Å². The SMILES string of the molecule is CCCCCCn1c(CCNC(=O)Cc2ccccc2)nc2ccccc21. The Morgan fingerprint density at radius 2 is 1.78 bits per heavy atom. The topological polar surface area (TPSA) is 46.9 Å². The summed E-state index contributed by atoms with van der Waals surface area (Å²) in [6.07, 6.45) is 6.11. The molecule has 3 aromatic rings. The lowest BCUT2D eigenvalue weighted by Crippen LogP contribution is -2.28. The fourth-order valence-electron chi connectivity index (χ4n) is 3.42. The number of fused-ring (bicyclic) bond motifs is 1. The second kappa shape index (κ2) is 9.91. The molecule has 1 aromatic heterocycles. The minimum atomic E-state index is 0.0619. The Hall–Kier alpha value is -2.62. The summed E-state index contributed by atoms with van der Waals surface area (Å²) in [7, 11) is 0. The predicted molar refractivity (Wildman–Crippen MR) is 111 cm³/mol. The van der Waals surface area contributed by atoms with Crippen LogP contribution in [0.5, 0.6) is 0 Å². The number of imidazole rings is 1. The van der Waals surface area contributed by atoms with E-state index >= 15 is 0 Å². The molecule has 0 saturated heterocycles. The number of amides is 1. The molecule has 4 nitrogen and oxygen atoms in total. The van der Waals surface area contributed by atoms with Crippen LogP contribution in [-0.2, 0) is 24.2 Å². The lowest BCUT2D eigenvalue weighted by molar-refractivity contribution is -0.120. The third-order valence-electron chi connectivity index (χ3n) is 4.85. The molecule has 27 heavy (non-hydrogen) atoms. The monoisotopic (exact) mass is 363 g/mol. The first kappa shape index (κ1) is 19.2. The highest BCUT2D eigenvalue weighted by molar-refractivity contribution is 5.78. The van der Waals surface area contributed by atoms with Gasteiger partial charge in [0.15, 0.2) is 0 Å². The molecule has 0 radical (unpaired) electrons. The highest BCUT2D eigenvalue weighted by Crippen LogP contribution is 2.17. The van der Waals surface area contributed by atoms with E-state index in [0.717, 1.165) is 29.9 Å². The average molecular weight is 364 g/mol. The molecule has 1 heterocycles. The van der Waals surface area contributed by atoms with Crippen molar-refractivity contribution in [1.29, 1.82) is 0 Å². The summed E-state index contributed by atoms with van der Waals surface area (Å²) in [6, 6.07) is 18.2. The maximum atomic E-state index is 12.2. The van der Waals surface area contributed by atoms with Gasteiger partial charge in [-0.05, 0) is 24.1 Å². The number of carbonyl (C=O) groups excluding carboxylic acids is 1. The predicted octanol–water partition coefficient (Wildman–Crippen LogP) is 4.52. The Bertz CT molecular complexity index is 854. The van der Waals surface area contributed by atoms with E-state index < -0.39 is 0 Å². The molecule has 0 spiro atoms. The molecule has 0 aliphatic heterocycles. The van der Waals surface area contributed by atoms with Crippen molar-refractivity contribution in [3.05, 3.63) is 66.0 Å². The van der Waals surface area contributed by atoms with Gasteiger partial charge in [0.25, 0.3) is 0 Å². The number of hydrogen-bond acceptors (Lipinski definition) is 2. The second-order valence-electron chi connectivity index (χ2n) is 6.99.